The van der Waals surface area contributed by atoms with E-state index >= 15 is 0 Å². The summed E-state index contributed by atoms with van der Waals surface area (Å²) in [5.41, 5.74) is 3.12. The van der Waals surface area contributed by atoms with Crippen molar-refractivity contribution >= 4 is 15.9 Å². The van der Waals surface area contributed by atoms with Crippen LogP contribution >= 0.6 is 0 Å². The van der Waals surface area contributed by atoms with Gasteiger partial charge in [-0.2, -0.15) is 4.72 Å². The van der Waals surface area contributed by atoms with E-state index in [1.807, 2.05) is 59.1 Å². The van der Waals surface area contributed by atoms with E-state index in [1.165, 1.54) is 0 Å². The fraction of sp³-hybridized carbons (Fsp3) is 0.435. The van der Waals surface area contributed by atoms with Crippen LogP contribution in [0.25, 0.3) is 0 Å². The highest BCUT2D eigenvalue weighted by Crippen LogP contribution is 2.14. The number of carbonyl (C=O) groups excluding carboxylic acids is 1. The third-order valence-corrected chi connectivity index (χ3v) is 6.20. The summed E-state index contributed by atoms with van der Waals surface area (Å²) in [5, 5.41) is 2.92. The Bertz CT molecular complexity index is 938. The van der Waals surface area contributed by atoms with E-state index in [9.17, 15) is 13.2 Å². The summed E-state index contributed by atoms with van der Waals surface area (Å²) in [5.74, 6) is -0.165. The van der Waals surface area contributed by atoms with E-state index in [-0.39, 0.29) is 16.7 Å². The van der Waals surface area contributed by atoms with Crippen molar-refractivity contribution < 1.29 is 13.2 Å². The first kappa shape index (κ1) is 24.1. The van der Waals surface area contributed by atoms with Gasteiger partial charge < -0.3 is 10.2 Å². The number of rotatable bonds is 10. The van der Waals surface area contributed by atoms with Crippen molar-refractivity contribution in [3.63, 3.8) is 0 Å². The Balaban J connectivity index is 2.13. The fourth-order valence-electron chi connectivity index (χ4n) is 3.18. The average molecular weight is 432 g/mol. The zero-order chi connectivity index (χ0) is 22.3. The summed E-state index contributed by atoms with van der Waals surface area (Å²) in [7, 11) is 0.196. The van der Waals surface area contributed by atoms with Crippen LogP contribution in [-0.2, 0) is 27.9 Å². The molecule has 0 heterocycles. The molecule has 0 fully saturated rings. The van der Waals surface area contributed by atoms with Crippen LogP contribution in [-0.4, -0.2) is 39.4 Å². The molecule has 7 heteroatoms. The van der Waals surface area contributed by atoms with E-state index in [2.05, 4.69) is 14.9 Å². The predicted octanol–water partition coefficient (Wildman–Crippen LogP) is 3.07. The van der Waals surface area contributed by atoms with Gasteiger partial charge in [0.25, 0.3) is 0 Å². The number of amides is 1. The number of hydrogen-bond acceptors (Lipinski definition) is 4. The second-order valence-electron chi connectivity index (χ2n) is 8.34. The summed E-state index contributed by atoms with van der Waals surface area (Å²) in [6, 6.07) is 13.7. The molecule has 0 radical (unpaired) electrons. The molecular formula is C23H33N3O3S. The molecular weight excluding hydrogens is 398 g/mol. The number of hydrogen-bond donors (Lipinski definition) is 2. The topological polar surface area (TPSA) is 78.5 Å². The third-order valence-electron chi connectivity index (χ3n) is 4.71. The zero-order valence-corrected chi connectivity index (χ0v) is 19.3. The Labute approximate surface area is 180 Å². The first-order valence-electron chi connectivity index (χ1n) is 10.2. The van der Waals surface area contributed by atoms with E-state index in [0.29, 0.717) is 13.0 Å². The zero-order valence-electron chi connectivity index (χ0n) is 18.5. The van der Waals surface area contributed by atoms with E-state index in [0.717, 1.165) is 23.2 Å². The highest BCUT2D eigenvalue weighted by Gasteiger charge is 2.26. The lowest BCUT2D eigenvalue weighted by Crippen LogP contribution is -2.47. The molecule has 2 rings (SSSR count). The van der Waals surface area contributed by atoms with Gasteiger partial charge in [-0.25, -0.2) is 8.42 Å². The monoisotopic (exact) mass is 431 g/mol. The third kappa shape index (κ3) is 7.23. The molecule has 0 aliphatic heterocycles. The Morgan fingerprint density at radius 2 is 1.60 bits per heavy atom. The molecule has 30 heavy (non-hydrogen) atoms. The first-order chi connectivity index (χ1) is 14.1. The largest absolute Gasteiger partial charge is 0.351 e. The van der Waals surface area contributed by atoms with Gasteiger partial charge in [-0.1, -0.05) is 55.8 Å². The normalized spacial score (nSPS) is 12.9. The van der Waals surface area contributed by atoms with Gasteiger partial charge in [0.1, 0.15) is 6.04 Å². The molecule has 0 saturated carbocycles. The van der Waals surface area contributed by atoms with Crippen LogP contribution in [0.15, 0.2) is 53.4 Å². The predicted molar refractivity (Wildman–Crippen MR) is 120 cm³/mol. The molecule has 1 atom stereocenters. The quantitative estimate of drug-likeness (QED) is 0.606. The van der Waals surface area contributed by atoms with Crippen molar-refractivity contribution in [3.8, 4) is 0 Å². The van der Waals surface area contributed by atoms with Crippen molar-refractivity contribution in [2.45, 2.75) is 51.2 Å². The second-order valence-corrected chi connectivity index (χ2v) is 10.1. The van der Waals surface area contributed by atoms with Gasteiger partial charge in [0.2, 0.25) is 15.9 Å². The minimum Gasteiger partial charge on any atom is -0.351 e. The molecule has 6 nitrogen and oxygen atoms in total. The number of sulfonamides is 1. The first-order valence-corrected chi connectivity index (χ1v) is 11.6. The Morgan fingerprint density at radius 1 is 1.00 bits per heavy atom. The molecule has 0 bridgehead atoms. The molecule has 164 valence electrons. The summed E-state index contributed by atoms with van der Waals surface area (Å²) in [6.45, 7) is 6.94. The number of aryl methyl sites for hydroxylation is 1. The van der Waals surface area contributed by atoms with Gasteiger partial charge in [-0.3, -0.25) is 4.79 Å². The average Bonchev–Trinajstić information content (AvgIpc) is 2.66. The standard InChI is InChI=1S/C23H33N3O3S/c1-17(2)14-22(25-30(28,29)21-12-10-18(3)11-13-21)23(27)24-15-19-8-6-7-9-20(19)16-26(4)5/h6-13,17,22,25H,14-16H2,1-5H3,(H,24,27)/t22-/m0/s1. The summed E-state index contributed by atoms with van der Waals surface area (Å²) < 4.78 is 28.2. The van der Waals surface area contributed by atoms with Gasteiger partial charge in [0, 0.05) is 13.1 Å². The van der Waals surface area contributed by atoms with Crippen LogP contribution in [0, 0.1) is 12.8 Å². The van der Waals surface area contributed by atoms with Crippen LogP contribution < -0.4 is 10.0 Å². The van der Waals surface area contributed by atoms with Crippen molar-refractivity contribution in [3.05, 3.63) is 65.2 Å². The van der Waals surface area contributed by atoms with Crippen LogP contribution in [0.1, 0.15) is 37.0 Å². The van der Waals surface area contributed by atoms with Crippen LogP contribution in [0.4, 0.5) is 0 Å². The smallest absolute Gasteiger partial charge is 0.241 e. The summed E-state index contributed by atoms with van der Waals surface area (Å²) >= 11 is 0. The number of benzene rings is 2. The van der Waals surface area contributed by atoms with Crippen molar-refractivity contribution in [2.75, 3.05) is 14.1 Å². The maximum absolute atomic E-state index is 12.9. The molecule has 2 aromatic carbocycles. The number of nitrogens with zero attached hydrogens (tertiary/aromatic N) is 1. The van der Waals surface area contributed by atoms with Gasteiger partial charge in [-0.05, 0) is 56.6 Å². The maximum Gasteiger partial charge on any atom is 0.241 e. The lowest BCUT2D eigenvalue weighted by atomic mass is 10.0. The minimum absolute atomic E-state index is 0.155. The summed E-state index contributed by atoms with van der Waals surface area (Å²) in [4.78, 5) is 15.1. The van der Waals surface area contributed by atoms with Gasteiger partial charge >= 0.3 is 0 Å². The second kappa shape index (κ2) is 10.7. The SMILES string of the molecule is Cc1ccc(S(=O)(=O)N[C@@H](CC(C)C)C(=O)NCc2ccccc2CN(C)C)cc1. The molecule has 2 N–H and O–H groups in total. The van der Waals surface area contributed by atoms with E-state index in [4.69, 9.17) is 0 Å². The molecule has 0 aromatic heterocycles. The van der Waals surface area contributed by atoms with E-state index in [1.54, 1.807) is 24.3 Å². The molecule has 0 spiro atoms. The number of nitrogens with one attached hydrogen (secondary N) is 2. The van der Waals surface area contributed by atoms with Crippen molar-refractivity contribution in [1.29, 1.82) is 0 Å². The van der Waals surface area contributed by atoms with Gasteiger partial charge in [0.15, 0.2) is 0 Å². The Hall–Kier alpha value is -2.22. The highest BCUT2D eigenvalue weighted by molar-refractivity contribution is 7.89. The molecule has 0 aliphatic carbocycles. The van der Waals surface area contributed by atoms with Crippen molar-refractivity contribution in [1.82, 2.24) is 14.9 Å². The van der Waals surface area contributed by atoms with Gasteiger partial charge in [0.05, 0.1) is 4.90 Å². The molecule has 0 aliphatic rings. The minimum atomic E-state index is -3.79. The Kier molecular flexibility index (Phi) is 8.58. The number of carbonyl (C=O) groups is 1. The van der Waals surface area contributed by atoms with Gasteiger partial charge in [-0.15, -0.1) is 0 Å². The lowest BCUT2D eigenvalue weighted by molar-refractivity contribution is -0.123. The highest BCUT2D eigenvalue weighted by atomic mass is 32.2. The molecule has 0 saturated heterocycles. The Morgan fingerprint density at radius 3 is 2.17 bits per heavy atom. The molecule has 2 aromatic rings. The molecule has 1 amide bonds. The molecule has 0 unspecified atom stereocenters. The van der Waals surface area contributed by atoms with Crippen LogP contribution in [0.2, 0.25) is 0 Å². The maximum atomic E-state index is 12.9. The van der Waals surface area contributed by atoms with Crippen LogP contribution in [0.3, 0.4) is 0 Å². The van der Waals surface area contributed by atoms with E-state index < -0.39 is 16.1 Å². The lowest BCUT2D eigenvalue weighted by Gasteiger charge is -2.21. The van der Waals surface area contributed by atoms with Crippen molar-refractivity contribution in [2.24, 2.45) is 5.92 Å². The fourth-order valence-corrected chi connectivity index (χ4v) is 4.39. The van der Waals surface area contributed by atoms with Crippen LogP contribution in [0.5, 0.6) is 0 Å². The summed E-state index contributed by atoms with van der Waals surface area (Å²) in [6.07, 6.45) is 0.413.